The van der Waals surface area contributed by atoms with Gasteiger partial charge in [0.15, 0.2) is 0 Å². The fourth-order valence-corrected chi connectivity index (χ4v) is 4.38. The second kappa shape index (κ2) is 5.16. The van der Waals surface area contributed by atoms with E-state index in [1.165, 1.54) is 24.8 Å². The Morgan fingerprint density at radius 2 is 1.55 bits per heavy atom. The second-order valence-electron chi connectivity index (χ2n) is 8.35. The minimum Gasteiger partial charge on any atom is -0.0928 e. The van der Waals surface area contributed by atoms with Gasteiger partial charge in [0.05, 0.1) is 0 Å². The summed E-state index contributed by atoms with van der Waals surface area (Å²) < 4.78 is 0. The van der Waals surface area contributed by atoms with Crippen LogP contribution in [0.1, 0.15) is 77.5 Å². The molecule has 1 aromatic carbocycles. The number of alkyl halides is 1. The van der Waals surface area contributed by atoms with Crippen LogP contribution >= 0.6 is 15.9 Å². The van der Waals surface area contributed by atoms with Gasteiger partial charge in [0.25, 0.3) is 0 Å². The third kappa shape index (κ3) is 2.84. The summed E-state index contributed by atoms with van der Waals surface area (Å²) in [7, 11) is 0. The molecule has 0 fully saturated rings. The van der Waals surface area contributed by atoms with Crippen molar-refractivity contribution in [2.75, 3.05) is 5.33 Å². The number of hydrogen-bond donors (Lipinski definition) is 0. The molecule has 0 saturated carbocycles. The molecule has 1 aliphatic rings. The Balaban J connectivity index is 2.54. The molecule has 0 amide bonds. The predicted octanol–water partition coefficient (Wildman–Crippen LogP) is 6.10. The van der Waals surface area contributed by atoms with Gasteiger partial charge in [-0.1, -0.05) is 75.7 Å². The molecule has 0 saturated heterocycles. The van der Waals surface area contributed by atoms with Crippen molar-refractivity contribution in [1.29, 1.82) is 0 Å². The van der Waals surface area contributed by atoms with Crippen LogP contribution in [0, 0.1) is 0 Å². The Labute approximate surface area is 133 Å². The first-order valence-corrected chi connectivity index (χ1v) is 8.94. The molecular weight excluding hydrogens is 308 g/mol. The first-order chi connectivity index (χ1) is 9.10. The molecule has 0 aliphatic heterocycles. The number of hydrogen-bond acceptors (Lipinski definition) is 0. The average molecular weight is 337 g/mol. The smallest absolute Gasteiger partial charge is 0.00395 e. The van der Waals surface area contributed by atoms with Gasteiger partial charge in [-0.05, 0) is 52.2 Å². The van der Waals surface area contributed by atoms with Gasteiger partial charge in [-0.15, -0.1) is 0 Å². The Morgan fingerprint density at radius 1 is 1.00 bits per heavy atom. The summed E-state index contributed by atoms with van der Waals surface area (Å²) in [5.74, 6) is 0. The molecular formula is C19H29Br. The third-order valence-corrected chi connectivity index (χ3v) is 5.75. The van der Waals surface area contributed by atoms with Crippen molar-refractivity contribution in [2.45, 2.75) is 77.0 Å². The van der Waals surface area contributed by atoms with Gasteiger partial charge in [-0.2, -0.15) is 0 Å². The molecule has 0 spiro atoms. The van der Waals surface area contributed by atoms with E-state index in [0.29, 0.717) is 10.8 Å². The number of halogens is 1. The number of fused-ring (bicyclic) bond motifs is 1. The van der Waals surface area contributed by atoms with Crippen LogP contribution < -0.4 is 0 Å². The van der Waals surface area contributed by atoms with Crippen molar-refractivity contribution in [3.8, 4) is 0 Å². The van der Waals surface area contributed by atoms with Crippen LogP contribution in [0.25, 0.3) is 0 Å². The van der Waals surface area contributed by atoms with E-state index in [9.17, 15) is 0 Å². The van der Waals surface area contributed by atoms with E-state index in [4.69, 9.17) is 0 Å². The highest BCUT2D eigenvalue weighted by Crippen LogP contribution is 2.47. The van der Waals surface area contributed by atoms with E-state index in [0.717, 1.165) is 5.33 Å². The van der Waals surface area contributed by atoms with Crippen LogP contribution in [-0.4, -0.2) is 5.33 Å². The second-order valence-corrected chi connectivity index (χ2v) is 9.14. The van der Waals surface area contributed by atoms with Crippen molar-refractivity contribution >= 4 is 15.9 Å². The van der Waals surface area contributed by atoms with Crippen molar-refractivity contribution in [1.82, 2.24) is 0 Å². The monoisotopic (exact) mass is 336 g/mol. The topological polar surface area (TPSA) is 0 Å². The predicted molar refractivity (Wildman–Crippen MR) is 93.2 cm³/mol. The standard InChI is InChI=1S/C19H29Br/c1-17(2,11-12-20)14-7-8-15-16(13-14)19(5,6)10-9-18(15,3)4/h7-8,13H,9-12H2,1-6H3. The maximum Gasteiger partial charge on any atom is 0.00395 e. The van der Waals surface area contributed by atoms with Gasteiger partial charge < -0.3 is 0 Å². The van der Waals surface area contributed by atoms with Crippen LogP contribution in [0.4, 0.5) is 0 Å². The molecule has 1 heteroatoms. The molecule has 0 unspecified atom stereocenters. The molecule has 0 aromatic heterocycles. The van der Waals surface area contributed by atoms with E-state index < -0.39 is 0 Å². The average Bonchev–Trinajstić information content (AvgIpc) is 2.35. The largest absolute Gasteiger partial charge is 0.0928 e. The van der Waals surface area contributed by atoms with E-state index in [1.807, 2.05) is 0 Å². The lowest BCUT2D eigenvalue weighted by Crippen LogP contribution is -2.34. The maximum atomic E-state index is 3.60. The van der Waals surface area contributed by atoms with Crippen molar-refractivity contribution in [3.63, 3.8) is 0 Å². The lowest BCUT2D eigenvalue weighted by Gasteiger charge is -2.42. The van der Waals surface area contributed by atoms with Gasteiger partial charge in [0.2, 0.25) is 0 Å². The summed E-state index contributed by atoms with van der Waals surface area (Å²) in [6, 6.07) is 7.27. The lowest BCUT2D eigenvalue weighted by atomic mass is 9.62. The van der Waals surface area contributed by atoms with Gasteiger partial charge in [-0.3, -0.25) is 0 Å². The summed E-state index contributed by atoms with van der Waals surface area (Å²) in [6.45, 7) is 14.3. The van der Waals surface area contributed by atoms with E-state index >= 15 is 0 Å². The Kier molecular flexibility index (Phi) is 4.15. The van der Waals surface area contributed by atoms with E-state index in [1.54, 1.807) is 11.1 Å². The zero-order chi connectivity index (χ0) is 15.2. The van der Waals surface area contributed by atoms with Gasteiger partial charge in [-0.25, -0.2) is 0 Å². The van der Waals surface area contributed by atoms with Crippen LogP contribution in [-0.2, 0) is 16.2 Å². The van der Waals surface area contributed by atoms with Gasteiger partial charge in [0.1, 0.15) is 0 Å². The summed E-state index contributed by atoms with van der Waals surface area (Å²) in [4.78, 5) is 0. The molecule has 0 bridgehead atoms. The summed E-state index contributed by atoms with van der Waals surface area (Å²) >= 11 is 3.60. The van der Waals surface area contributed by atoms with Gasteiger partial charge in [0, 0.05) is 5.33 Å². The summed E-state index contributed by atoms with van der Waals surface area (Å²) in [6.07, 6.45) is 3.75. The van der Waals surface area contributed by atoms with Crippen LogP contribution in [0.5, 0.6) is 0 Å². The summed E-state index contributed by atoms with van der Waals surface area (Å²) in [5.41, 5.74) is 5.51. The Morgan fingerprint density at radius 3 is 2.10 bits per heavy atom. The first kappa shape index (κ1) is 16.1. The minimum atomic E-state index is 0.246. The molecule has 20 heavy (non-hydrogen) atoms. The molecule has 1 aliphatic carbocycles. The highest BCUT2D eigenvalue weighted by Gasteiger charge is 2.37. The highest BCUT2D eigenvalue weighted by molar-refractivity contribution is 9.09. The molecule has 1 aromatic rings. The van der Waals surface area contributed by atoms with E-state index in [2.05, 4.69) is 75.7 Å². The molecule has 0 atom stereocenters. The zero-order valence-corrected chi connectivity index (χ0v) is 15.5. The molecule has 0 radical (unpaired) electrons. The Hall–Kier alpha value is -0.300. The maximum absolute atomic E-state index is 3.60. The van der Waals surface area contributed by atoms with Crippen molar-refractivity contribution in [2.24, 2.45) is 0 Å². The van der Waals surface area contributed by atoms with Crippen molar-refractivity contribution in [3.05, 3.63) is 34.9 Å². The third-order valence-electron chi connectivity index (χ3n) is 5.35. The molecule has 0 heterocycles. The minimum absolute atomic E-state index is 0.246. The highest BCUT2D eigenvalue weighted by atomic mass is 79.9. The number of rotatable bonds is 3. The quantitative estimate of drug-likeness (QED) is 0.585. The fraction of sp³-hybridized carbons (Fsp3) is 0.684. The molecule has 0 nitrogen and oxygen atoms in total. The zero-order valence-electron chi connectivity index (χ0n) is 13.9. The molecule has 2 rings (SSSR count). The first-order valence-electron chi connectivity index (χ1n) is 7.82. The molecule has 0 N–H and O–H groups in total. The summed E-state index contributed by atoms with van der Waals surface area (Å²) in [5, 5.41) is 1.06. The SMILES string of the molecule is CC(C)(CCBr)c1ccc2c(c1)C(C)(C)CCC2(C)C. The van der Waals surface area contributed by atoms with Crippen LogP contribution in [0.15, 0.2) is 18.2 Å². The number of benzene rings is 1. The normalized spacial score (nSPS) is 20.6. The van der Waals surface area contributed by atoms with Crippen molar-refractivity contribution < 1.29 is 0 Å². The molecule has 112 valence electrons. The fourth-order valence-electron chi connectivity index (χ4n) is 3.39. The van der Waals surface area contributed by atoms with Gasteiger partial charge >= 0.3 is 0 Å². The van der Waals surface area contributed by atoms with Crippen LogP contribution in [0.3, 0.4) is 0 Å². The van der Waals surface area contributed by atoms with E-state index in [-0.39, 0.29) is 5.41 Å². The lowest BCUT2D eigenvalue weighted by molar-refractivity contribution is 0.330. The van der Waals surface area contributed by atoms with Crippen LogP contribution in [0.2, 0.25) is 0 Å². The Bertz CT molecular complexity index is 494.